The van der Waals surface area contributed by atoms with Gasteiger partial charge in [0.05, 0.1) is 33.7 Å². The second-order valence-electron chi connectivity index (χ2n) is 5.39. The summed E-state index contributed by atoms with van der Waals surface area (Å²) in [5.41, 5.74) is 7.10. The van der Waals surface area contributed by atoms with Crippen LogP contribution in [-0.2, 0) is 6.42 Å². The number of fused-ring (bicyclic) bond motifs is 1. The van der Waals surface area contributed by atoms with Crippen molar-refractivity contribution in [1.82, 2.24) is 9.97 Å². The Balaban J connectivity index is 1.63. The normalized spacial score (nSPS) is 11.8. The molecule has 0 bridgehead atoms. The zero-order valence-electron chi connectivity index (χ0n) is 12.9. The van der Waals surface area contributed by atoms with Gasteiger partial charge in [0.2, 0.25) is 0 Å². The summed E-state index contributed by atoms with van der Waals surface area (Å²) in [6.45, 7) is 0. The van der Waals surface area contributed by atoms with E-state index in [-0.39, 0.29) is 0 Å². The third-order valence-electron chi connectivity index (χ3n) is 3.67. The molecule has 2 heterocycles. The van der Waals surface area contributed by atoms with E-state index in [0.717, 1.165) is 33.1 Å². The van der Waals surface area contributed by atoms with Gasteiger partial charge in [-0.15, -0.1) is 11.3 Å². The monoisotopic (exact) mass is 332 g/mol. The zero-order chi connectivity index (χ0) is 16.2. The Kier molecular flexibility index (Phi) is 4.08. The van der Waals surface area contributed by atoms with E-state index in [1.54, 1.807) is 11.3 Å². The lowest BCUT2D eigenvalue weighted by Gasteiger charge is -2.05. The minimum absolute atomic E-state index is 0.648. The number of aromatic amines is 1. The lowest BCUT2D eigenvalue weighted by molar-refractivity contribution is 1.09. The van der Waals surface area contributed by atoms with E-state index in [2.05, 4.69) is 31.9 Å². The Morgan fingerprint density at radius 1 is 1.00 bits per heavy atom. The molecule has 4 rings (SSSR count). The largest absolute Gasteiger partial charge is 0.342 e. The number of rotatable bonds is 5. The van der Waals surface area contributed by atoms with Gasteiger partial charge in [0.25, 0.3) is 0 Å². The van der Waals surface area contributed by atoms with Gasteiger partial charge in [-0.25, -0.2) is 4.98 Å². The van der Waals surface area contributed by atoms with Crippen LogP contribution in [0.25, 0.3) is 11.0 Å². The Morgan fingerprint density at radius 3 is 2.62 bits per heavy atom. The molecule has 0 saturated heterocycles. The molecular weight excluding hydrogens is 316 g/mol. The number of nitrogens with one attached hydrogen (secondary N) is 2. The van der Waals surface area contributed by atoms with E-state index in [9.17, 15) is 0 Å². The number of anilines is 1. The highest BCUT2D eigenvalue weighted by atomic mass is 32.1. The average Bonchev–Trinajstić information content (AvgIpc) is 3.28. The van der Waals surface area contributed by atoms with Crippen LogP contribution in [0.3, 0.4) is 0 Å². The number of hydrogen-bond acceptors (Lipinski definition) is 4. The average molecular weight is 332 g/mol. The van der Waals surface area contributed by atoms with Gasteiger partial charge >= 0.3 is 0 Å². The number of para-hydroxylation sites is 3. The van der Waals surface area contributed by atoms with E-state index in [1.165, 1.54) is 0 Å². The first-order valence-corrected chi connectivity index (χ1v) is 8.61. The summed E-state index contributed by atoms with van der Waals surface area (Å²) < 4.78 is 0. The first-order chi connectivity index (χ1) is 11.9. The van der Waals surface area contributed by atoms with Crippen molar-refractivity contribution in [1.29, 1.82) is 0 Å². The first-order valence-electron chi connectivity index (χ1n) is 7.73. The smallest absolute Gasteiger partial charge is 0.113 e. The standard InChI is InChI=1S/C19H16N4S/c1-2-7-14(8-3-1)22-23-17(18-11-6-12-24-18)13-19-20-15-9-4-5-10-16(15)21-19/h1-12,22H,13H2,(H,20,21)/b23-17+. The van der Waals surface area contributed by atoms with E-state index in [1.807, 2.05) is 60.7 Å². The van der Waals surface area contributed by atoms with Crippen molar-refractivity contribution < 1.29 is 0 Å². The van der Waals surface area contributed by atoms with E-state index in [0.29, 0.717) is 6.42 Å². The molecule has 2 N–H and O–H groups in total. The number of thiophene rings is 1. The van der Waals surface area contributed by atoms with Crippen LogP contribution in [0.15, 0.2) is 77.2 Å². The van der Waals surface area contributed by atoms with Crippen molar-refractivity contribution in [3.8, 4) is 0 Å². The molecule has 0 radical (unpaired) electrons. The summed E-state index contributed by atoms with van der Waals surface area (Å²) in [6.07, 6.45) is 0.648. The SMILES string of the molecule is c1ccc(N/N=C(\Cc2nc3ccccc3[nH]2)c2cccs2)cc1. The Morgan fingerprint density at radius 2 is 1.83 bits per heavy atom. The summed E-state index contributed by atoms with van der Waals surface area (Å²) in [6, 6.07) is 22.1. The summed E-state index contributed by atoms with van der Waals surface area (Å²) in [5, 5.41) is 6.68. The Hall–Kier alpha value is -2.92. The highest BCUT2D eigenvalue weighted by molar-refractivity contribution is 7.12. The second kappa shape index (κ2) is 6.68. The van der Waals surface area contributed by atoms with Crippen LogP contribution < -0.4 is 5.43 Å². The molecule has 2 aromatic carbocycles. The molecule has 0 atom stereocenters. The molecule has 24 heavy (non-hydrogen) atoms. The number of nitrogens with zero attached hydrogens (tertiary/aromatic N) is 2. The van der Waals surface area contributed by atoms with Crippen molar-refractivity contribution in [2.45, 2.75) is 6.42 Å². The number of H-pyrrole nitrogens is 1. The van der Waals surface area contributed by atoms with E-state index >= 15 is 0 Å². The Labute approximate surface area is 143 Å². The second-order valence-corrected chi connectivity index (χ2v) is 6.34. The van der Waals surface area contributed by atoms with Crippen LogP contribution >= 0.6 is 11.3 Å². The lowest BCUT2D eigenvalue weighted by Crippen LogP contribution is -2.08. The molecule has 2 aromatic heterocycles. The summed E-state index contributed by atoms with van der Waals surface area (Å²) in [5.74, 6) is 0.915. The third-order valence-corrected chi connectivity index (χ3v) is 4.59. The van der Waals surface area contributed by atoms with Crippen LogP contribution in [-0.4, -0.2) is 15.7 Å². The quantitative estimate of drug-likeness (QED) is 0.412. The number of hydrogen-bond donors (Lipinski definition) is 2. The van der Waals surface area contributed by atoms with Crippen molar-refractivity contribution in [3.63, 3.8) is 0 Å². The fraction of sp³-hybridized carbons (Fsp3) is 0.0526. The van der Waals surface area contributed by atoms with Crippen LogP contribution in [0.1, 0.15) is 10.7 Å². The van der Waals surface area contributed by atoms with Gasteiger partial charge in [0.1, 0.15) is 5.82 Å². The molecular formula is C19H16N4S. The van der Waals surface area contributed by atoms with Gasteiger partial charge in [-0.1, -0.05) is 36.4 Å². The number of aromatic nitrogens is 2. The number of imidazole rings is 1. The van der Waals surface area contributed by atoms with Crippen molar-refractivity contribution in [2.75, 3.05) is 5.43 Å². The summed E-state index contributed by atoms with van der Waals surface area (Å²) in [4.78, 5) is 9.17. The number of benzene rings is 2. The van der Waals surface area contributed by atoms with Crippen LogP contribution in [0.4, 0.5) is 5.69 Å². The first kappa shape index (κ1) is 14.7. The van der Waals surface area contributed by atoms with E-state index < -0.39 is 0 Å². The van der Waals surface area contributed by atoms with Crippen LogP contribution in [0, 0.1) is 0 Å². The van der Waals surface area contributed by atoms with Crippen molar-refractivity contribution in [3.05, 3.63) is 82.8 Å². The van der Waals surface area contributed by atoms with Crippen LogP contribution in [0.2, 0.25) is 0 Å². The predicted molar refractivity (Wildman–Crippen MR) is 101 cm³/mol. The van der Waals surface area contributed by atoms with Gasteiger partial charge < -0.3 is 4.98 Å². The van der Waals surface area contributed by atoms with Crippen molar-refractivity contribution in [2.24, 2.45) is 5.10 Å². The number of hydrazone groups is 1. The maximum Gasteiger partial charge on any atom is 0.113 e. The minimum Gasteiger partial charge on any atom is -0.342 e. The molecule has 0 spiro atoms. The van der Waals surface area contributed by atoms with Gasteiger partial charge in [0.15, 0.2) is 0 Å². The van der Waals surface area contributed by atoms with Crippen LogP contribution in [0.5, 0.6) is 0 Å². The molecule has 0 fully saturated rings. The predicted octanol–water partition coefficient (Wildman–Crippen LogP) is 4.68. The zero-order valence-corrected chi connectivity index (χ0v) is 13.8. The molecule has 0 aliphatic heterocycles. The molecule has 0 aliphatic carbocycles. The van der Waals surface area contributed by atoms with Gasteiger partial charge in [-0.05, 0) is 35.7 Å². The molecule has 4 nitrogen and oxygen atoms in total. The molecule has 4 aromatic rings. The van der Waals surface area contributed by atoms with Crippen molar-refractivity contribution >= 4 is 33.8 Å². The van der Waals surface area contributed by atoms with E-state index in [4.69, 9.17) is 0 Å². The maximum absolute atomic E-state index is 4.66. The highest BCUT2D eigenvalue weighted by Crippen LogP contribution is 2.16. The molecule has 118 valence electrons. The molecule has 5 heteroatoms. The maximum atomic E-state index is 4.66. The Bertz CT molecular complexity index is 922. The fourth-order valence-electron chi connectivity index (χ4n) is 2.52. The molecule has 0 amide bonds. The third kappa shape index (κ3) is 3.21. The summed E-state index contributed by atoms with van der Waals surface area (Å²) >= 11 is 1.68. The van der Waals surface area contributed by atoms with Gasteiger partial charge in [-0.3, -0.25) is 5.43 Å². The topological polar surface area (TPSA) is 53.1 Å². The lowest BCUT2D eigenvalue weighted by atomic mass is 10.2. The molecule has 0 saturated carbocycles. The minimum atomic E-state index is 0.648. The highest BCUT2D eigenvalue weighted by Gasteiger charge is 2.10. The van der Waals surface area contributed by atoms with Gasteiger partial charge in [0, 0.05) is 0 Å². The molecule has 0 unspecified atom stereocenters. The fourth-order valence-corrected chi connectivity index (χ4v) is 3.23. The molecule has 0 aliphatic rings. The van der Waals surface area contributed by atoms with Gasteiger partial charge in [-0.2, -0.15) is 5.10 Å². The summed E-state index contributed by atoms with van der Waals surface area (Å²) in [7, 11) is 0.